The van der Waals surface area contributed by atoms with Crippen molar-refractivity contribution in [3.8, 4) is 5.75 Å². The summed E-state index contributed by atoms with van der Waals surface area (Å²) in [5, 5.41) is 17.0. The molecule has 0 saturated carbocycles. The number of hydrogen-bond donors (Lipinski definition) is 4. The summed E-state index contributed by atoms with van der Waals surface area (Å²) < 4.78 is 8.73. The second-order valence-electron chi connectivity index (χ2n) is 14.2. The van der Waals surface area contributed by atoms with Crippen LogP contribution in [0.25, 0.3) is 10.9 Å². The molecule has 0 fully saturated rings. The maximum absolute atomic E-state index is 13.7. The number of carbonyl (C=O) groups excluding carboxylic acids is 3. The highest BCUT2D eigenvalue weighted by atomic mass is 16.5. The number of aliphatic hydroxyl groups excluding tert-OH is 1. The Hall–Kier alpha value is -5.65. The van der Waals surface area contributed by atoms with Crippen molar-refractivity contribution in [3.63, 3.8) is 0 Å². The quantitative estimate of drug-likeness (QED) is 0.133. The van der Waals surface area contributed by atoms with Gasteiger partial charge < -0.3 is 35.7 Å². The first-order valence-electron chi connectivity index (χ1n) is 17.9. The van der Waals surface area contributed by atoms with Crippen molar-refractivity contribution in [1.29, 1.82) is 0 Å². The molecular formula is C42H48N6O5. The zero-order valence-electron chi connectivity index (χ0n) is 30.7. The molecule has 6 rings (SSSR count). The van der Waals surface area contributed by atoms with Crippen LogP contribution in [0.5, 0.6) is 5.75 Å². The summed E-state index contributed by atoms with van der Waals surface area (Å²) in [4.78, 5) is 43.7. The number of para-hydroxylation sites is 3. The SMILES string of the molecule is C[C@@H]1CN([C@H](C)CO)C(=O)Cc2cc(NC(=O)Cc3cn(C)c4ccccc34)ccc2O[C@@H]1CN(C)Cc1ccc(C(=O)Nc2ccccc2N)cc1. The molecule has 5 aromatic rings. The summed E-state index contributed by atoms with van der Waals surface area (Å²) in [7, 11) is 3.98. The van der Waals surface area contributed by atoms with Gasteiger partial charge in [0.2, 0.25) is 11.8 Å². The molecule has 276 valence electrons. The minimum absolute atomic E-state index is 0.0682. The molecule has 11 nitrogen and oxygen atoms in total. The molecule has 2 heterocycles. The topological polar surface area (TPSA) is 142 Å². The van der Waals surface area contributed by atoms with Gasteiger partial charge in [-0.2, -0.15) is 0 Å². The number of benzene rings is 4. The van der Waals surface area contributed by atoms with Gasteiger partial charge in [-0.15, -0.1) is 0 Å². The number of fused-ring (bicyclic) bond motifs is 2. The summed E-state index contributed by atoms with van der Waals surface area (Å²) in [5.41, 5.74) is 11.9. The number of nitrogens with two attached hydrogens (primary N) is 1. The third-order valence-electron chi connectivity index (χ3n) is 9.90. The highest BCUT2D eigenvalue weighted by Gasteiger charge is 2.31. The van der Waals surface area contributed by atoms with Gasteiger partial charge in [-0.3, -0.25) is 19.3 Å². The number of rotatable bonds is 11. The summed E-state index contributed by atoms with van der Waals surface area (Å²) in [6, 6.07) is 27.7. The lowest BCUT2D eigenvalue weighted by Gasteiger charge is -2.34. The predicted molar refractivity (Wildman–Crippen MR) is 209 cm³/mol. The van der Waals surface area contributed by atoms with Crippen LogP contribution >= 0.6 is 0 Å². The number of aliphatic hydroxyl groups is 1. The normalized spacial score (nSPS) is 16.6. The van der Waals surface area contributed by atoms with E-state index in [4.69, 9.17) is 10.5 Å². The maximum atomic E-state index is 13.7. The third kappa shape index (κ3) is 8.88. The minimum atomic E-state index is -0.373. The largest absolute Gasteiger partial charge is 0.488 e. The van der Waals surface area contributed by atoms with Gasteiger partial charge in [0, 0.05) is 66.5 Å². The summed E-state index contributed by atoms with van der Waals surface area (Å²) in [6.07, 6.45) is 1.96. The minimum Gasteiger partial charge on any atom is -0.488 e. The van der Waals surface area contributed by atoms with E-state index in [2.05, 4.69) is 22.5 Å². The van der Waals surface area contributed by atoms with Gasteiger partial charge in [-0.25, -0.2) is 0 Å². The van der Waals surface area contributed by atoms with Crippen LogP contribution in [0.15, 0.2) is 97.2 Å². The summed E-state index contributed by atoms with van der Waals surface area (Å²) in [6.45, 7) is 5.31. The fourth-order valence-corrected chi connectivity index (χ4v) is 6.92. The van der Waals surface area contributed by atoms with Crippen LogP contribution in [0.3, 0.4) is 0 Å². The van der Waals surface area contributed by atoms with Crippen molar-refractivity contribution in [2.24, 2.45) is 13.0 Å². The van der Waals surface area contributed by atoms with E-state index in [9.17, 15) is 19.5 Å². The number of aromatic nitrogens is 1. The van der Waals surface area contributed by atoms with Crippen molar-refractivity contribution in [2.75, 3.05) is 43.1 Å². The lowest BCUT2D eigenvalue weighted by Crippen LogP contribution is -2.47. The van der Waals surface area contributed by atoms with Crippen LogP contribution in [0.1, 0.15) is 40.9 Å². The molecule has 11 heteroatoms. The smallest absolute Gasteiger partial charge is 0.255 e. The lowest BCUT2D eigenvalue weighted by atomic mass is 10.0. The molecule has 4 aromatic carbocycles. The number of nitrogen functional groups attached to an aromatic ring is 1. The van der Waals surface area contributed by atoms with E-state index >= 15 is 0 Å². The highest BCUT2D eigenvalue weighted by Crippen LogP contribution is 2.30. The predicted octanol–water partition coefficient (Wildman–Crippen LogP) is 5.48. The highest BCUT2D eigenvalue weighted by molar-refractivity contribution is 6.05. The molecule has 0 radical (unpaired) electrons. The standard InChI is InChI=1S/C42H48N6O5/c1-27-22-48(28(2)26-49)41(51)21-31-19-33(44-40(50)20-32-24-47(4)37-12-8-5-9-34(32)37)17-18-38(31)53-39(27)25-46(3)23-29-13-15-30(16-14-29)42(52)45-36-11-7-6-10-35(36)43/h5-19,24,27-28,39,49H,20-23,25-26,43H2,1-4H3,(H,44,50)(H,45,52)/t27-,28-,39-/m1/s1. The van der Waals surface area contributed by atoms with Crippen LogP contribution in [-0.4, -0.2) is 76.1 Å². The molecule has 3 atom stereocenters. The fraction of sp³-hybridized carbons (Fsp3) is 0.310. The van der Waals surface area contributed by atoms with E-state index < -0.39 is 0 Å². The molecule has 0 unspecified atom stereocenters. The monoisotopic (exact) mass is 716 g/mol. The molecule has 53 heavy (non-hydrogen) atoms. The number of anilines is 3. The number of carbonyl (C=O) groups is 3. The second-order valence-corrected chi connectivity index (χ2v) is 14.2. The van der Waals surface area contributed by atoms with Crippen LogP contribution in [0.2, 0.25) is 0 Å². The number of aryl methyl sites for hydroxylation is 1. The van der Waals surface area contributed by atoms with Gasteiger partial charge in [0.15, 0.2) is 0 Å². The van der Waals surface area contributed by atoms with E-state index in [1.54, 1.807) is 29.2 Å². The summed E-state index contributed by atoms with van der Waals surface area (Å²) in [5.74, 6) is 0.00454. The van der Waals surface area contributed by atoms with Crippen molar-refractivity contribution in [2.45, 2.75) is 45.4 Å². The Morgan fingerprint density at radius 1 is 1.02 bits per heavy atom. The first-order valence-corrected chi connectivity index (χ1v) is 17.9. The lowest BCUT2D eigenvalue weighted by molar-refractivity contribution is -0.134. The number of nitrogens with one attached hydrogen (secondary N) is 2. The maximum Gasteiger partial charge on any atom is 0.255 e. The van der Waals surface area contributed by atoms with Crippen molar-refractivity contribution < 1.29 is 24.2 Å². The molecular weight excluding hydrogens is 668 g/mol. The third-order valence-corrected chi connectivity index (χ3v) is 9.90. The Morgan fingerprint density at radius 3 is 2.51 bits per heavy atom. The zero-order valence-corrected chi connectivity index (χ0v) is 30.7. The number of ether oxygens (including phenoxy) is 1. The van der Waals surface area contributed by atoms with E-state index in [1.807, 2.05) is 98.5 Å². The van der Waals surface area contributed by atoms with E-state index in [0.29, 0.717) is 53.6 Å². The first kappa shape index (κ1) is 37.1. The average molecular weight is 717 g/mol. The fourth-order valence-electron chi connectivity index (χ4n) is 6.92. The molecule has 0 aliphatic carbocycles. The van der Waals surface area contributed by atoms with Gasteiger partial charge in [0.1, 0.15) is 11.9 Å². The Bertz CT molecular complexity index is 2090. The second kappa shape index (κ2) is 16.4. The van der Waals surface area contributed by atoms with Gasteiger partial charge in [0.25, 0.3) is 5.91 Å². The Labute approximate surface area is 310 Å². The van der Waals surface area contributed by atoms with Gasteiger partial charge in [0.05, 0.1) is 36.9 Å². The molecule has 1 aromatic heterocycles. The molecule has 1 aliphatic rings. The average Bonchev–Trinajstić information content (AvgIpc) is 3.47. The molecule has 3 amide bonds. The molecule has 1 aliphatic heterocycles. The van der Waals surface area contributed by atoms with Gasteiger partial charge in [-0.1, -0.05) is 49.4 Å². The van der Waals surface area contributed by atoms with Gasteiger partial charge >= 0.3 is 0 Å². The van der Waals surface area contributed by atoms with Crippen LogP contribution < -0.4 is 21.1 Å². The van der Waals surface area contributed by atoms with E-state index in [-0.39, 0.29) is 55.2 Å². The van der Waals surface area contributed by atoms with Crippen molar-refractivity contribution in [3.05, 3.63) is 119 Å². The zero-order chi connectivity index (χ0) is 37.6. The number of likely N-dealkylation sites (N-methyl/N-ethyl adjacent to an activating group) is 1. The van der Waals surface area contributed by atoms with Crippen molar-refractivity contribution >= 4 is 45.7 Å². The van der Waals surface area contributed by atoms with E-state index in [0.717, 1.165) is 22.0 Å². The van der Waals surface area contributed by atoms with Crippen molar-refractivity contribution in [1.82, 2.24) is 14.4 Å². The number of amides is 3. The number of nitrogens with zero attached hydrogens (tertiary/aromatic N) is 3. The number of hydrogen-bond acceptors (Lipinski definition) is 7. The molecule has 0 spiro atoms. The summed E-state index contributed by atoms with van der Waals surface area (Å²) >= 11 is 0. The first-order chi connectivity index (χ1) is 25.5. The molecule has 5 N–H and O–H groups in total. The van der Waals surface area contributed by atoms with Crippen LogP contribution in [-0.2, 0) is 36.0 Å². The molecule has 0 saturated heterocycles. The van der Waals surface area contributed by atoms with Gasteiger partial charge in [-0.05, 0) is 73.6 Å². The van der Waals surface area contributed by atoms with Crippen LogP contribution in [0, 0.1) is 5.92 Å². The Morgan fingerprint density at radius 2 is 1.75 bits per heavy atom. The van der Waals surface area contributed by atoms with Crippen LogP contribution in [0.4, 0.5) is 17.1 Å². The molecule has 0 bridgehead atoms. The Kier molecular flexibility index (Phi) is 11.5. The Balaban J connectivity index is 1.16. The van der Waals surface area contributed by atoms with E-state index in [1.165, 1.54) is 0 Å².